The summed E-state index contributed by atoms with van der Waals surface area (Å²) in [5.41, 5.74) is 1.10. The Balaban J connectivity index is 2.65. The molecular formula is C12H8O3. The van der Waals surface area contributed by atoms with Crippen molar-refractivity contribution in [2.75, 3.05) is 6.61 Å². The molecule has 0 bridgehead atoms. The van der Waals surface area contributed by atoms with Crippen molar-refractivity contribution in [1.82, 2.24) is 0 Å². The fourth-order valence-corrected chi connectivity index (χ4v) is 1.71. The summed E-state index contributed by atoms with van der Waals surface area (Å²) in [7, 11) is 0. The van der Waals surface area contributed by atoms with Crippen molar-refractivity contribution in [3.63, 3.8) is 0 Å². The average Bonchev–Trinajstić information content (AvgIpc) is 2.30. The van der Waals surface area contributed by atoms with Crippen LogP contribution in [0.1, 0.15) is 0 Å². The third-order valence-corrected chi connectivity index (χ3v) is 2.44. The predicted molar refractivity (Wildman–Crippen MR) is 56.6 cm³/mol. The van der Waals surface area contributed by atoms with Gasteiger partial charge in [0.05, 0.1) is 10.6 Å². The molecule has 0 amide bonds. The summed E-state index contributed by atoms with van der Waals surface area (Å²) in [5.74, 6) is 0. The van der Waals surface area contributed by atoms with E-state index in [2.05, 4.69) is 0 Å². The number of rotatable bonds is 0. The van der Waals surface area contributed by atoms with E-state index in [0.717, 1.165) is 0 Å². The fraction of sp³-hybridized carbons (Fsp3) is 0.0833. The molecule has 0 aliphatic carbocycles. The van der Waals surface area contributed by atoms with Gasteiger partial charge in [0, 0.05) is 0 Å². The second-order valence-corrected chi connectivity index (χ2v) is 3.36. The van der Waals surface area contributed by atoms with Gasteiger partial charge in [-0.1, -0.05) is 12.1 Å². The minimum absolute atomic E-state index is 0.00593. The Labute approximate surface area is 84.9 Å². The average molecular weight is 200 g/mol. The highest BCUT2D eigenvalue weighted by molar-refractivity contribution is 5.76. The predicted octanol–water partition coefficient (Wildman–Crippen LogP) is 0.342. The first-order valence-electron chi connectivity index (χ1n) is 4.70. The van der Waals surface area contributed by atoms with Crippen molar-refractivity contribution in [3.8, 4) is 0 Å². The number of benzene rings is 1. The maximum atomic E-state index is 12.0. The first-order chi connectivity index (χ1) is 7.36. The molecule has 0 saturated carbocycles. The van der Waals surface area contributed by atoms with Crippen LogP contribution >= 0.6 is 0 Å². The zero-order chi connectivity index (χ0) is 10.3. The van der Waals surface area contributed by atoms with Gasteiger partial charge in [-0.15, -0.1) is 0 Å². The lowest BCUT2D eigenvalue weighted by Gasteiger charge is -2.02. The summed E-state index contributed by atoms with van der Waals surface area (Å²) in [5, 5.41) is 1.21. The molecule has 2 heterocycles. The van der Waals surface area contributed by atoms with Gasteiger partial charge in [0.15, 0.2) is 10.8 Å². The Morgan fingerprint density at radius 3 is 3.00 bits per heavy atom. The molecule has 2 aromatic rings. The second-order valence-electron chi connectivity index (χ2n) is 3.36. The van der Waals surface area contributed by atoms with Crippen LogP contribution in [0.4, 0.5) is 0 Å². The molecule has 74 valence electrons. The standard InChI is InChI=1S/C12H8O3/c13-12-8-3-1-2-4-10(8)15-11-7-14-6-5-9(11)12/h1-5,7H,6H2. The van der Waals surface area contributed by atoms with Crippen molar-refractivity contribution in [3.05, 3.63) is 45.1 Å². The molecule has 3 nitrogen and oxygen atoms in total. The molecule has 15 heavy (non-hydrogen) atoms. The Morgan fingerprint density at radius 2 is 2.07 bits per heavy atom. The number of fused-ring (bicyclic) bond motifs is 2. The van der Waals surface area contributed by atoms with Gasteiger partial charge in [-0.05, 0) is 18.2 Å². The molecule has 1 aromatic heterocycles. The Bertz CT molecular complexity index is 695. The SMILES string of the molecule is O=c1c2c(oc3ccccc13)=COCC=2. The first-order valence-corrected chi connectivity index (χ1v) is 4.70. The Morgan fingerprint density at radius 1 is 1.20 bits per heavy atom. The molecule has 1 aliphatic heterocycles. The van der Waals surface area contributed by atoms with Crippen LogP contribution < -0.4 is 16.1 Å². The Hall–Kier alpha value is -2.03. The molecule has 0 unspecified atom stereocenters. The largest absolute Gasteiger partial charge is 0.493 e. The minimum Gasteiger partial charge on any atom is -0.493 e. The third kappa shape index (κ3) is 1.16. The van der Waals surface area contributed by atoms with E-state index < -0.39 is 0 Å². The number of hydrogen-bond acceptors (Lipinski definition) is 3. The van der Waals surface area contributed by atoms with Crippen LogP contribution in [0.2, 0.25) is 0 Å². The molecule has 1 aliphatic rings. The van der Waals surface area contributed by atoms with Crippen LogP contribution in [0.3, 0.4) is 0 Å². The van der Waals surface area contributed by atoms with Crippen LogP contribution in [0.15, 0.2) is 33.5 Å². The van der Waals surface area contributed by atoms with Gasteiger partial charge in [0.1, 0.15) is 18.5 Å². The maximum absolute atomic E-state index is 12.0. The van der Waals surface area contributed by atoms with Crippen LogP contribution in [0, 0.1) is 0 Å². The molecule has 0 radical (unpaired) electrons. The molecule has 0 fully saturated rings. The van der Waals surface area contributed by atoms with E-state index in [4.69, 9.17) is 9.15 Å². The highest BCUT2D eigenvalue weighted by Crippen LogP contribution is 2.04. The number of ether oxygens (including phenoxy) is 1. The lowest BCUT2D eigenvalue weighted by Crippen LogP contribution is -2.40. The van der Waals surface area contributed by atoms with Crippen LogP contribution in [-0.4, -0.2) is 6.61 Å². The molecule has 0 N–H and O–H groups in total. The van der Waals surface area contributed by atoms with Crippen LogP contribution in [0.5, 0.6) is 0 Å². The topological polar surface area (TPSA) is 39.4 Å². The normalized spacial score (nSPS) is 13.6. The first kappa shape index (κ1) is 8.29. The van der Waals surface area contributed by atoms with E-state index in [1.165, 1.54) is 6.26 Å². The van der Waals surface area contributed by atoms with Crippen molar-refractivity contribution < 1.29 is 9.15 Å². The third-order valence-electron chi connectivity index (χ3n) is 2.44. The molecule has 0 spiro atoms. The Kier molecular flexibility index (Phi) is 1.65. The quantitative estimate of drug-likeness (QED) is 0.615. The van der Waals surface area contributed by atoms with Gasteiger partial charge in [-0.3, -0.25) is 4.79 Å². The molecule has 0 saturated heterocycles. The van der Waals surface area contributed by atoms with E-state index in [0.29, 0.717) is 28.2 Å². The summed E-state index contributed by atoms with van der Waals surface area (Å²) in [6.45, 7) is 0.427. The smallest absolute Gasteiger partial charge is 0.200 e. The van der Waals surface area contributed by atoms with Gasteiger partial charge in [-0.2, -0.15) is 0 Å². The van der Waals surface area contributed by atoms with Crippen molar-refractivity contribution in [2.24, 2.45) is 0 Å². The minimum atomic E-state index is 0.00593. The zero-order valence-electron chi connectivity index (χ0n) is 7.90. The van der Waals surface area contributed by atoms with Gasteiger partial charge in [0.25, 0.3) is 0 Å². The van der Waals surface area contributed by atoms with Gasteiger partial charge in [0.2, 0.25) is 0 Å². The highest BCUT2D eigenvalue weighted by Gasteiger charge is 2.05. The van der Waals surface area contributed by atoms with E-state index in [1.54, 1.807) is 18.2 Å². The highest BCUT2D eigenvalue weighted by atomic mass is 16.5. The lowest BCUT2D eigenvalue weighted by atomic mass is 10.2. The van der Waals surface area contributed by atoms with E-state index >= 15 is 0 Å². The van der Waals surface area contributed by atoms with E-state index in [1.807, 2.05) is 12.1 Å². The second kappa shape index (κ2) is 2.98. The van der Waals surface area contributed by atoms with Crippen LogP contribution in [-0.2, 0) is 4.74 Å². The molecule has 1 aromatic carbocycles. The van der Waals surface area contributed by atoms with E-state index in [9.17, 15) is 4.79 Å². The fourth-order valence-electron chi connectivity index (χ4n) is 1.71. The van der Waals surface area contributed by atoms with Gasteiger partial charge in [-0.25, -0.2) is 0 Å². The summed E-state index contributed by atoms with van der Waals surface area (Å²) < 4.78 is 10.6. The summed E-state index contributed by atoms with van der Waals surface area (Å²) in [6, 6.07) is 7.21. The number of hydrogen-bond donors (Lipinski definition) is 0. The summed E-state index contributed by atoms with van der Waals surface area (Å²) in [6.07, 6.45) is 3.23. The van der Waals surface area contributed by atoms with Gasteiger partial charge < -0.3 is 9.15 Å². The number of para-hydroxylation sites is 1. The summed E-state index contributed by atoms with van der Waals surface area (Å²) in [4.78, 5) is 12.0. The summed E-state index contributed by atoms with van der Waals surface area (Å²) >= 11 is 0. The monoisotopic (exact) mass is 200 g/mol. The van der Waals surface area contributed by atoms with Crippen molar-refractivity contribution in [2.45, 2.75) is 0 Å². The van der Waals surface area contributed by atoms with E-state index in [-0.39, 0.29) is 5.43 Å². The van der Waals surface area contributed by atoms with Crippen molar-refractivity contribution in [1.29, 1.82) is 0 Å². The zero-order valence-corrected chi connectivity index (χ0v) is 7.90. The van der Waals surface area contributed by atoms with Crippen LogP contribution in [0.25, 0.3) is 23.3 Å². The lowest BCUT2D eigenvalue weighted by molar-refractivity contribution is 0.334. The molecule has 3 rings (SSSR count). The molecular weight excluding hydrogens is 192 g/mol. The molecule has 3 heteroatoms. The van der Waals surface area contributed by atoms with Gasteiger partial charge >= 0.3 is 0 Å². The maximum Gasteiger partial charge on any atom is 0.200 e. The van der Waals surface area contributed by atoms with Crippen molar-refractivity contribution >= 4 is 23.3 Å². The molecule has 0 atom stereocenters.